The van der Waals surface area contributed by atoms with Crippen LogP contribution in [-0.2, 0) is 0 Å². The molecule has 2 aromatic carbocycles. The number of nitrogens with zero attached hydrogens (tertiary/aromatic N) is 1. The zero-order chi connectivity index (χ0) is 13.1. The molecular weight excluding hydrogens is 304 g/mol. The van der Waals surface area contributed by atoms with Crippen molar-refractivity contribution in [1.29, 1.82) is 5.26 Å². The second-order valence-electron chi connectivity index (χ2n) is 3.41. The molecule has 0 bridgehead atoms. The van der Waals surface area contributed by atoms with Crippen molar-refractivity contribution in [3.8, 4) is 17.6 Å². The predicted octanol–water partition coefficient (Wildman–Crippen LogP) is 4.39. The van der Waals surface area contributed by atoms with E-state index in [9.17, 15) is 8.78 Å². The summed E-state index contributed by atoms with van der Waals surface area (Å²) >= 11 is 2.97. The van der Waals surface area contributed by atoms with Gasteiger partial charge in [-0.1, -0.05) is 6.07 Å². The van der Waals surface area contributed by atoms with Crippen molar-refractivity contribution >= 4 is 15.9 Å². The second-order valence-corrected chi connectivity index (χ2v) is 4.20. The number of hydrogen-bond acceptors (Lipinski definition) is 2. The number of benzene rings is 2. The quantitative estimate of drug-likeness (QED) is 0.824. The highest BCUT2D eigenvalue weighted by atomic mass is 79.9. The lowest BCUT2D eigenvalue weighted by Gasteiger charge is -2.08. The third-order valence-electron chi connectivity index (χ3n) is 2.19. The van der Waals surface area contributed by atoms with Crippen LogP contribution < -0.4 is 4.74 Å². The highest BCUT2D eigenvalue weighted by Gasteiger charge is 2.13. The number of hydrogen-bond donors (Lipinski definition) is 0. The Morgan fingerprint density at radius 2 is 1.94 bits per heavy atom. The molecule has 0 spiro atoms. The van der Waals surface area contributed by atoms with Crippen molar-refractivity contribution in [2.45, 2.75) is 0 Å². The first-order valence-corrected chi connectivity index (χ1v) is 5.72. The summed E-state index contributed by atoms with van der Waals surface area (Å²) in [5, 5.41) is 8.72. The topological polar surface area (TPSA) is 33.0 Å². The summed E-state index contributed by atoms with van der Waals surface area (Å²) in [6, 6.07) is 9.95. The van der Waals surface area contributed by atoms with Gasteiger partial charge in [-0.25, -0.2) is 8.78 Å². The molecule has 0 aliphatic carbocycles. The zero-order valence-electron chi connectivity index (χ0n) is 8.95. The zero-order valence-corrected chi connectivity index (χ0v) is 10.5. The molecule has 0 aromatic heterocycles. The van der Waals surface area contributed by atoms with E-state index in [4.69, 9.17) is 10.00 Å². The number of halogens is 3. The summed E-state index contributed by atoms with van der Waals surface area (Å²) in [5.41, 5.74) is 0.166. The van der Waals surface area contributed by atoms with Gasteiger partial charge in [0, 0.05) is 6.07 Å². The normalized spacial score (nSPS) is 9.89. The van der Waals surface area contributed by atoms with Crippen LogP contribution in [0.4, 0.5) is 8.78 Å². The lowest BCUT2D eigenvalue weighted by atomic mass is 10.2. The van der Waals surface area contributed by atoms with Crippen LogP contribution in [0.3, 0.4) is 0 Å². The Kier molecular flexibility index (Phi) is 3.58. The molecule has 0 radical (unpaired) electrons. The van der Waals surface area contributed by atoms with Crippen molar-refractivity contribution in [2.75, 3.05) is 0 Å². The van der Waals surface area contributed by atoms with Crippen LogP contribution in [0.15, 0.2) is 40.9 Å². The molecule has 0 aliphatic heterocycles. The van der Waals surface area contributed by atoms with Crippen LogP contribution in [0, 0.1) is 23.0 Å². The summed E-state index contributed by atoms with van der Waals surface area (Å²) in [6.45, 7) is 0. The van der Waals surface area contributed by atoms with E-state index in [1.807, 2.05) is 6.07 Å². The van der Waals surface area contributed by atoms with Crippen molar-refractivity contribution in [2.24, 2.45) is 0 Å². The molecule has 0 fully saturated rings. The predicted molar refractivity (Wildman–Crippen MR) is 65.3 cm³/mol. The van der Waals surface area contributed by atoms with Gasteiger partial charge in [-0.3, -0.25) is 0 Å². The van der Waals surface area contributed by atoms with Gasteiger partial charge in [0.05, 0.1) is 10.0 Å². The van der Waals surface area contributed by atoms with Gasteiger partial charge < -0.3 is 4.74 Å². The van der Waals surface area contributed by atoms with E-state index in [0.717, 1.165) is 6.07 Å². The summed E-state index contributed by atoms with van der Waals surface area (Å²) < 4.78 is 32.0. The molecule has 0 amide bonds. The minimum Gasteiger partial charge on any atom is -0.454 e. The average molecular weight is 310 g/mol. The number of ether oxygens (including phenoxy) is 1. The van der Waals surface area contributed by atoms with Gasteiger partial charge in [-0.15, -0.1) is 0 Å². The number of rotatable bonds is 2. The lowest BCUT2D eigenvalue weighted by molar-refractivity contribution is 0.437. The van der Waals surface area contributed by atoms with Crippen molar-refractivity contribution < 1.29 is 13.5 Å². The fourth-order valence-electron chi connectivity index (χ4n) is 1.35. The Morgan fingerprint density at radius 1 is 1.17 bits per heavy atom. The first-order valence-electron chi connectivity index (χ1n) is 4.93. The highest BCUT2D eigenvalue weighted by Crippen LogP contribution is 2.31. The van der Waals surface area contributed by atoms with Gasteiger partial charge in [0.2, 0.25) is 0 Å². The van der Waals surface area contributed by atoms with Gasteiger partial charge in [-0.05, 0) is 40.2 Å². The first kappa shape index (κ1) is 12.5. The van der Waals surface area contributed by atoms with Gasteiger partial charge in [0.1, 0.15) is 17.6 Å². The average Bonchev–Trinajstić information content (AvgIpc) is 2.35. The van der Waals surface area contributed by atoms with E-state index in [1.54, 1.807) is 0 Å². The largest absolute Gasteiger partial charge is 0.454 e. The molecular formula is C13H6BrF2NO. The smallest absolute Gasteiger partial charge is 0.181 e. The molecule has 2 rings (SSSR count). The highest BCUT2D eigenvalue weighted by molar-refractivity contribution is 9.10. The molecule has 0 aliphatic rings. The third kappa shape index (κ3) is 2.49. The van der Waals surface area contributed by atoms with Gasteiger partial charge in [0.25, 0.3) is 0 Å². The van der Waals surface area contributed by atoms with Gasteiger partial charge >= 0.3 is 0 Å². The maximum Gasteiger partial charge on any atom is 0.181 e. The maximum absolute atomic E-state index is 13.8. The molecule has 0 saturated heterocycles. The summed E-state index contributed by atoms with van der Waals surface area (Å²) in [4.78, 5) is 0. The minimum absolute atomic E-state index is 0.0268. The Balaban J connectivity index is 2.36. The van der Waals surface area contributed by atoms with Crippen molar-refractivity contribution in [1.82, 2.24) is 0 Å². The van der Waals surface area contributed by atoms with Crippen LogP contribution in [0.1, 0.15) is 5.56 Å². The molecule has 2 aromatic rings. The van der Waals surface area contributed by atoms with Gasteiger partial charge in [-0.2, -0.15) is 5.26 Å². The van der Waals surface area contributed by atoms with E-state index < -0.39 is 11.6 Å². The molecule has 5 heteroatoms. The molecule has 90 valence electrons. The molecule has 0 heterocycles. The van der Waals surface area contributed by atoms with E-state index in [2.05, 4.69) is 15.9 Å². The van der Waals surface area contributed by atoms with Crippen LogP contribution >= 0.6 is 15.9 Å². The van der Waals surface area contributed by atoms with Crippen molar-refractivity contribution in [3.63, 3.8) is 0 Å². The Labute approximate surface area is 111 Å². The van der Waals surface area contributed by atoms with E-state index in [0.29, 0.717) is 0 Å². The fraction of sp³-hybridized carbons (Fsp3) is 0. The Morgan fingerprint density at radius 3 is 2.61 bits per heavy atom. The van der Waals surface area contributed by atoms with Crippen LogP contribution in [0.2, 0.25) is 0 Å². The van der Waals surface area contributed by atoms with Crippen LogP contribution in [0.25, 0.3) is 0 Å². The standard InChI is InChI=1S/C13H6BrF2NO/c14-12-8(7-17)4-5-11(13(12)16)18-10-3-1-2-9(15)6-10/h1-6H. The second kappa shape index (κ2) is 5.15. The lowest BCUT2D eigenvalue weighted by Crippen LogP contribution is -1.92. The first-order chi connectivity index (χ1) is 8.61. The van der Waals surface area contributed by atoms with Crippen LogP contribution in [-0.4, -0.2) is 0 Å². The third-order valence-corrected chi connectivity index (χ3v) is 2.97. The van der Waals surface area contributed by atoms with Crippen molar-refractivity contribution in [3.05, 3.63) is 58.1 Å². The minimum atomic E-state index is -0.696. The summed E-state index contributed by atoms with van der Waals surface area (Å²) in [7, 11) is 0. The maximum atomic E-state index is 13.8. The van der Waals surface area contributed by atoms with Crippen LogP contribution in [0.5, 0.6) is 11.5 Å². The molecule has 0 saturated carbocycles. The molecule has 18 heavy (non-hydrogen) atoms. The SMILES string of the molecule is N#Cc1ccc(Oc2cccc(F)c2)c(F)c1Br. The molecule has 0 N–H and O–H groups in total. The fourth-order valence-corrected chi connectivity index (χ4v) is 1.77. The van der Waals surface area contributed by atoms with E-state index in [1.165, 1.54) is 30.3 Å². The van der Waals surface area contributed by atoms with E-state index >= 15 is 0 Å². The summed E-state index contributed by atoms with van der Waals surface area (Å²) in [5.74, 6) is -1.06. The molecule has 2 nitrogen and oxygen atoms in total. The van der Waals surface area contributed by atoms with Gasteiger partial charge in [0.15, 0.2) is 11.6 Å². The summed E-state index contributed by atoms with van der Waals surface area (Å²) in [6.07, 6.45) is 0. The van der Waals surface area contributed by atoms with E-state index in [-0.39, 0.29) is 21.5 Å². The monoisotopic (exact) mass is 309 g/mol. The molecule has 0 unspecified atom stereocenters. The number of nitriles is 1. The Bertz CT molecular complexity index is 637. The Hall–Kier alpha value is -1.93. The molecule has 0 atom stereocenters.